The highest BCUT2D eigenvalue weighted by atomic mass is 16.5. The molecule has 2 aromatic rings. The van der Waals surface area contributed by atoms with Gasteiger partial charge in [-0.2, -0.15) is 0 Å². The Kier molecular flexibility index (Phi) is 10.8. The number of nitrogens with zero attached hydrogens (tertiary/aromatic N) is 1. The van der Waals surface area contributed by atoms with E-state index >= 15 is 0 Å². The van der Waals surface area contributed by atoms with E-state index in [1.807, 2.05) is 18.2 Å². The molecule has 0 aromatic heterocycles. The molecule has 216 valence electrons. The summed E-state index contributed by atoms with van der Waals surface area (Å²) in [6, 6.07) is 14.2. The number of piperidine rings is 1. The van der Waals surface area contributed by atoms with E-state index in [0.29, 0.717) is 44.5 Å². The largest absolute Gasteiger partial charge is 0.491 e. The van der Waals surface area contributed by atoms with Gasteiger partial charge in [-0.25, -0.2) is 0 Å². The fourth-order valence-electron chi connectivity index (χ4n) is 6.03. The minimum absolute atomic E-state index is 0.131. The molecule has 39 heavy (non-hydrogen) atoms. The lowest BCUT2D eigenvalue weighted by molar-refractivity contribution is -0.0820. The summed E-state index contributed by atoms with van der Waals surface area (Å²) >= 11 is 0. The van der Waals surface area contributed by atoms with Gasteiger partial charge in [0.2, 0.25) is 0 Å². The summed E-state index contributed by atoms with van der Waals surface area (Å²) in [5.41, 5.74) is 3.29. The average Bonchev–Trinajstić information content (AvgIpc) is 3.77. The Morgan fingerprint density at radius 2 is 1.74 bits per heavy atom. The van der Waals surface area contributed by atoms with Gasteiger partial charge in [-0.3, -0.25) is 4.90 Å². The summed E-state index contributed by atoms with van der Waals surface area (Å²) in [7, 11) is 3.39. The smallest absolute Gasteiger partial charge is 0.178 e. The SMILES string of the molecule is COCCCc1cc(CN(C2CC2)[C@H](O)C2CNCC[C@]2(C)c2ccccc2C(O)O)cc(OCCOC)c1. The van der Waals surface area contributed by atoms with Gasteiger partial charge in [0.15, 0.2) is 6.29 Å². The monoisotopic (exact) mass is 542 g/mol. The van der Waals surface area contributed by atoms with Gasteiger partial charge in [0, 0.05) is 56.9 Å². The number of aliphatic hydroxyl groups excluding tert-OH is 2. The molecule has 0 amide bonds. The average molecular weight is 543 g/mol. The number of aliphatic hydroxyl groups is 3. The molecule has 2 aromatic carbocycles. The highest BCUT2D eigenvalue weighted by molar-refractivity contribution is 5.37. The summed E-state index contributed by atoms with van der Waals surface area (Å²) in [5, 5.41) is 35.7. The third-order valence-corrected chi connectivity index (χ3v) is 8.33. The van der Waals surface area contributed by atoms with Crippen molar-refractivity contribution in [2.24, 2.45) is 5.92 Å². The van der Waals surface area contributed by atoms with Crippen molar-refractivity contribution in [1.82, 2.24) is 10.2 Å². The van der Waals surface area contributed by atoms with Gasteiger partial charge < -0.3 is 34.8 Å². The van der Waals surface area contributed by atoms with Gasteiger partial charge in [0.25, 0.3) is 0 Å². The molecule has 8 heteroatoms. The number of rotatable bonds is 15. The summed E-state index contributed by atoms with van der Waals surface area (Å²) in [4.78, 5) is 2.24. The standard InChI is InChI=1S/C31H46N2O6/c1-31(27-9-5-4-8-26(27)30(35)36)12-13-32-20-28(31)29(34)33(24-10-11-24)21-23-17-22(7-6-14-37-2)18-25(19-23)39-16-15-38-3/h4-5,8-9,17-19,24,28-30,32,34-36H,6-7,10-16,20-21H2,1-3H3/t28?,29-,31-/m1/s1. The molecule has 1 heterocycles. The summed E-state index contributed by atoms with van der Waals surface area (Å²) in [6.45, 7) is 5.94. The topological polar surface area (TPSA) is 104 Å². The van der Waals surface area contributed by atoms with Gasteiger partial charge in [-0.05, 0) is 67.5 Å². The third-order valence-electron chi connectivity index (χ3n) is 8.33. The van der Waals surface area contributed by atoms with Gasteiger partial charge in [-0.15, -0.1) is 0 Å². The Hall–Kier alpha value is -2.04. The van der Waals surface area contributed by atoms with Crippen LogP contribution in [0.1, 0.15) is 61.2 Å². The van der Waals surface area contributed by atoms with E-state index in [2.05, 4.69) is 35.3 Å². The fraction of sp³-hybridized carbons (Fsp3) is 0.613. The molecule has 0 radical (unpaired) electrons. The van der Waals surface area contributed by atoms with Crippen LogP contribution in [-0.2, 0) is 27.9 Å². The zero-order valence-electron chi connectivity index (χ0n) is 23.6. The normalized spacial score (nSPS) is 22.4. The lowest BCUT2D eigenvalue weighted by Crippen LogP contribution is -2.56. The molecular formula is C31H46N2O6. The Labute approximate surface area is 232 Å². The third kappa shape index (κ3) is 7.58. The van der Waals surface area contributed by atoms with Crippen LogP contribution < -0.4 is 10.1 Å². The Morgan fingerprint density at radius 1 is 1.00 bits per heavy atom. The van der Waals surface area contributed by atoms with Crippen molar-refractivity contribution in [3.05, 3.63) is 64.7 Å². The van der Waals surface area contributed by atoms with Crippen molar-refractivity contribution in [3.8, 4) is 5.75 Å². The highest BCUT2D eigenvalue weighted by Gasteiger charge is 2.47. The van der Waals surface area contributed by atoms with E-state index in [9.17, 15) is 15.3 Å². The van der Waals surface area contributed by atoms with Gasteiger partial charge in [0.1, 0.15) is 18.6 Å². The zero-order chi connectivity index (χ0) is 27.8. The molecule has 0 bridgehead atoms. The number of aryl methyl sites for hydroxylation is 1. The van der Waals surface area contributed by atoms with Crippen molar-refractivity contribution in [2.75, 3.05) is 47.1 Å². The quantitative estimate of drug-likeness (QED) is 0.201. The minimum Gasteiger partial charge on any atom is -0.491 e. The maximum atomic E-state index is 12.0. The summed E-state index contributed by atoms with van der Waals surface area (Å²) < 4.78 is 16.4. The molecule has 3 atom stereocenters. The predicted octanol–water partition coefficient (Wildman–Crippen LogP) is 3.12. The van der Waals surface area contributed by atoms with Crippen LogP contribution in [0.15, 0.2) is 42.5 Å². The van der Waals surface area contributed by atoms with E-state index in [-0.39, 0.29) is 5.92 Å². The van der Waals surface area contributed by atoms with Crippen molar-refractivity contribution in [1.29, 1.82) is 0 Å². The first-order valence-corrected chi connectivity index (χ1v) is 14.2. The lowest BCUT2D eigenvalue weighted by Gasteiger charge is -2.48. The number of hydrogen-bond acceptors (Lipinski definition) is 8. The Balaban J connectivity index is 1.60. The molecule has 2 aliphatic rings. The van der Waals surface area contributed by atoms with Crippen molar-refractivity contribution in [2.45, 2.75) is 69.5 Å². The first-order chi connectivity index (χ1) is 18.9. The number of hydrogen-bond donors (Lipinski definition) is 4. The van der Waals surface area contributed by atoms with Crippen LogP contribution in [0.2, 0.25) is 0 Å². The molecule has 1 saturated carbocycles. The molecule has 4 N–H and O–H groups in total. The Morgan fingerprint density at radius 3 is 2.46 bits per heavy atom. The van der Waals surface area contributed by atoms with Gasteiger partial charge in [-0.1, -0.05) is 37.3 Å². The zero-order valence-corrected chi connectivity index (χ0v) is 23.6. The van der Waals surface area contributed by atoms with Crippen molar-refractivity contribution >= 4 is 0 Å². The van der Waals surface area contributed by atoms with Crippen LogP contribution >= 0.6 is 0 Å². The molecule has 8 nitrogen and oxygen atoms in total. The number of methoxy groups -OCH3 is 2. The molecular weight excluding hydrogens is 496 g/mol. The lowest BCUT2D eigenvalue weighted by atomic mass is 9.65. The van der Waals surface area contributed by atoms with Gasteiger partial charge in [0.05, 0.1) is 6.61 Å². The molecule has 4 rings (SSSR count). The number of benzene rings is 2. The maximum absolute atomic E-state index is 12.0. The summed E-state index contributed by atoms with van der Waals surface area (Å²) in [5.74, 6) is 0.686. The van der Waals surface area contributed by atoms with E-state index in [0.717, 1.165) is 55.5 Å². The minimum atomic E-state index is -1.55. The number of nitrogens with one attached hydrogen (secondary N) is 1. The van der Waals surface area contributed by atoms with Crippen molar-refractivity contribution in [3.63, 3.8) is 0 Å². The van der Waals surface area contributed by atoms with E-state index in [1.165, 1.54) is 5.56 Å². The van der Waals surface area contributed by atoms with Crippen LogP contribution in [0, 0.1) is 5.92 Å². The molecule has 1 unspecified atom stereocenters. The predicted molar refractivity (Wildman–Crippen MR) is 151 cm³/mol. The van der Waals surface area contributed by atoms with E-state index < -0.39 is 17.9 Å². The molecule has 1 saturated heterocycles. The highest BCUT2D eigenvalue weighted by Crippen LogP contribution is 2.44. The van der Waals surface area contributed by atoms with E-state index in [1.54, 1.807) is 20.3 Å². The maximum Gasteiger partial charge on any atom is 0.178 e. The van der Waals surface area contributed by atoms with Crippen LogP contribution in [0.25, 0.3) is 0 Å². The van der Waals surface area contributed by atoms with Crippen LogP contribution in [-0.4, -0.2) is 79.6 Å². The fourth-order valence-corrected chi connectivity index (χ4v) is 6.03. The van der Waals surface area contributed by atoms with Crippen LogP contribution in [0.4, 0.5) is 0 Å². The van der Waals surface area contributed by atoms with E-state index in [4.69, 9.17) is 14.2 Å². The van der Waals surface area contributed by atoms with Crippen molar-refractivity contribution < 1.29 is 29.5 Å². The molecule has 2 fully saturated rings. The second-order valence-electron chi connectivity index (χ2n) is 11.2. The van der Waals surface area contributed by atoms with Crippen LogP contribution in [0.5, 0.6) is 5.75 Å². The second kappa shape index (κ2) is 14.0. The summed E-state index contributed by atoms with van der Waals surface area (Å²) in [6.07, 6.45) is 2.48. The van der Waals surface area contributed by atoms with Crippen LogP contribution in [0.3, 0.4) is 0 Å². The first kappa shape index (κ1) is 29.9. The number of ether oxygens (including phenoxy) is 3. The second-order valence-corrected chi connectivity index (χ2v) is 11.2. The molecule has 1 aliphatic carbocycles. The first-order valence-electron chi connectivity index (χ1n) is 14.2. The van der Waals surface area contributed by atoms with Gasteiger partial charge >= 0.3 is 0 Å². The molecule has 1 aliphatic heterocycles. The molecule has 0 spiro atoms. The Bertz CT molecular complexity index is 1020.